The summed E-state index contributed by atoms with van der Waals surface area (Å²) in [6, 6.07) is 2.76. The van der Waals surface area contributed by atoms with Gasteiger partial charge in [0.2, 0.25) is 5.78 Å². The molecule has 10 nitrogen and oxygen atoms in total. The number of aliphatic hydroxyl groups excluding tert-OH is 3. The van der Waals surface area contributed by atoms with Crippen LogP contribution in [0.4, 0.5) is 0 Å². The summed E-state index contributed by atoms with van der Waals surface area (Å²) >= 11 is 0. The van der Waals surface area contributed by atoms with Gasteiger partial charge in [0.1, 0.15) is 17.3 Å². The molecule has 176 valence electrons. The Morgan fingerprint density at radius 2 is 1.76 bits per heavy atom. The van der Waals surface area contributed by atoms with E-state index in [-0.39, 0.29) is 11.1 Å². The van der Waals surface area contributed by atoms with E-state index in [4.69, 9.17) is 5.73 Å². The fourth-order valence-electron chi connectivity index (χ4n) is 5.67. The summed E-state index contributed by atoms with van der Waals surface area (Å²) in [5.74, 6) is -7.39. The number of Topliss-reactive ketones (excluding diaryl/α,β-unsaturated/α-hetero) is 2. The molecule has 0 amide bonds. The molecule has 10 heteroatoms. The van der Waals surface area contributed by atoms with E-state index < -0.39 is 80.9 Å². The second-order valence-electron chi connectivity index (χ2n) is 9.22. The van der Waals surface area contributed by atoms with Crippen LogP contribution in [0.3, 0.4) is 0 Å². The first-order valence-electron chi connectivity index (χ1n) is 10.2. The van der Waals surface area contributed by atoms with Crippen LogP contribution < -0.4 is 5.73 Å². The van der Waals surface area contributed by atoms with Gasteiger partial charge < -0.3 is 36.4 Å². The molecule has 6 atom stereocenters. The van der Waals surface area contributed by atoms with E-state index in [1.165, 1.54) is 44.1 Å². The molecule has 0 heterocycles. The quantitative estimate of drug-likeness (QED) is 0.307. The van der Waals surface area contributed by atoms with E-state index in [2.05, 4.69) is 6.58 Å². The summed E-state index contributed by atoms with van der Waals surface area (Å²) in [7, 11) is 2.96. The normalized spacial score (nSPS) is 36.0. The molecule has 8 N–H and O–H groups in total. The number of nitrogens with two attached hydrogens (primary N) is 1. The molecule has 33 heavy (non-hydrogen) atoms. The minimum atomic E-state index is -2.86. The van der Waals surface area contributed by atoms with Crippen molar-refractivity contribution < 1.29 is 40.2 Å². The standard InChI is InChI=1S/C23H26N2O8/c1-8(24)11-18(28)16(25(3)4)15-19(29)14-13(21(31)23(15,33)20(11)30)17(27)12-9(22(14,2)32)6-5-7-10(12)26/h5-7,14-16,19,26-27,29-30,32-33H,1,24H2,2-4H3/t14-,15-,16+,19+,22-,23-/m1/s1. The maximum absolute atomic E-state index is 13.8. The van der Waals surface area contributed by atoms with Crippen molar-refractivity contribution in [1.29, 1.82) is 0 Å². The van der Waals surface area contributed by atoms with Gasteiger partial charge in [0.25, 0.3) is 0 Å². The Morgan fingerprint density at radius 1 is 1.15 bits per heavy atom. The number of hydrogen-bond acceptors (Lipinski definition) is 10. The third kappa shape index (κ3) is 2.63. The van der Waals surface area contributed by atoms with Crippen molar-refractivity contribution >= 4 is 17.3 Å². The minimum absolute atomic E-state index is 0.0466. The predicted octanol–water partition coefficient (Wildman–Crippen LogP) is -0.413. The Hall–Kier alpha value is -3.18. The van der Waals surface area contributed by atoms with Crippen LogP contribution in [0.5, 0.6) is 5.75 Å². The third-order valence-electron chi connectivity index (χ3n) is 7.11. The summed E-state index contributed by atoms with van der Waals surface area (Å²) in [4.78, 5) is 28.3. The second kappa shape index (κ2) is 6.91. The molecule has 0 saturated heterocycles. The Bertz CT molecular complexity index is 1180. The summed E-state index contributed by atoms with van der Waals surface area (Å²) in [6.45, 7) is 4.74. The van der Waals surface area contributed by atoms with Gasteiger partial charge in [0.05, 0.1) is 46.3 Å². The summed E-state index contributed by atoms with van der Waals surface area (Å²) in [6.07, 6.45) is -1.79. The molecular weight excluding hydrogens is 432 g/mol. The topological polar surface area (TPSA) is 185 Å². The average molecular weight is 458 g/mol. The first-order valence-corrected chi connectivity index (χ1v) is 10.2. The zero-order valence-corrected chi connectivity index (χ0v) is 18.3. The van der Waals surface area contributed by atoms with Gasteiger partial charge in [-0.3, -0.25) is 14.5 Å². The lowest BCUT2D eigenvalue weighted by atomic mass is 9.53. The molecule has 0 aromatic heterocycles. The smallest absolute Gasteiger partial charge is 0.202 e. The number of phenols is 1. The number of carbonyl (C=O) groups is 2. The number of phenolic OH excluding ortho intramolecular Hbond substituents is 1. The SMILES string of the molecule is C=C(N)C1=C(O)[C@@]2(O)C(=O)C3=C(O)c4c(O)cccc4[C@@](C)(O)[C@H]3[C@H](O)[C@H]2[C@H](N(C)C)C1=O. The molecule has 4 rings (SSSR count). The second-order valence-corrected chi connectivity index (χ2v) is 9.22. The lowest BCUT2D eigenvalue weighted by Crippen LogP contribution is -2.71. The molecule has 0 unspecified atom stereocenters. The van der Waals surface area contributed by atoms with Crippen LogP contribution >= 0.6 is 0 Å². The van der Waals surface area contributed by atoms with Gasteiger partial charge in [-0.1, -0.05) is 18.7 Å². The molecule has 0 spiro atoms. The molecule has 1 aromatic rings. The highest BCUT2D eigenvalue weighted by atomic mass is 16.4. The highest BCUT2D eigenvalue weighted by Gasteiger charge is 2.69. The number of allylic oxidation sites excluding steroid dienone is 1. The van der Waals surface area contributed by atoms with Crippen LogP contribution in [0.2, 0.25) is 0 Å². The van der Waals surface area contributed by atoms with E-state index in [1.54, 1.807) is 0 Å². The number of hydrogen-bond donors (Lipinski definition) is 7. The monoisotopic (exact) mass is 458 g/mol. The Morgan fingerprint density at radius 3 is 2.30 bits per heavy atom. The van der Waals surface area contributed by atoms with Crippen molar-refractivity contribution in [2.45, 2.75) is 30.3 Å². The molecule has 1 aromatic carbocycles. The summed E-state index contributed by atoms with van der Waals surface area (Å²) in [5.41, 5.74) is -0.897. The largest absolute Gasteiger partial charge is 0.508 e. The fraction of sp³-hybridized carbons (Fsp3) is 0.391. The van der Waals surface area contributed by atoms with Crippen LogP contribution in [0, 0.1) is 11.8 Å². The molecule has 1 saturated carbocycles. The van der Waals surface area contributed by atoms with Crippen LogP contribution in [0.25, 0.3) is 5.76 Å². The number of carbonyl (C=O) groups excluding carboxylic acids is 2. The summed E-state index contributed by atoms with van der Waals surface area (Å²) < 4.78 is 0. The molecule has 0 bridgehead atoms. The molecule has 1 fully saturated rings. The number of aliphatic hydroxyl groups is 5. The number of aromatic hydroxyl groups is 1. The zero-order valence-electron chi connectivity index (χ0n) is 18.3. The first-order chi connectivity index (χ1) is 15.2. The van der Waals surface area contributed by atoms with Crippen LogP contribution in [0.1, 0.15) is 18.1 Å². The Kier molecular flexibility index (Phi) is 4.81. The van der Waals surface area contributed by atoms with Gasteiger partial charge in [-0.2, -0.15) is 0 Å². The van der Waals surface area contributed by atoms with Crippen LogP contribution in [0.15, 0.2) is 47.4 Å². The van der Waals surface area contributed by atoms with Crippen molar-refractivity contribution in [3.8, 4) is 5.75 Å². The van der Waals surface area contributed by atoms with Gasteiger partial charge in [0.15, 0.2) is 11.4 Å². The number of benzene rings is 1. The van der Waals surface area contributed by atoms with E-state index in [0.29, 0.717) is 0 Å². The molecule has 3 aliphatic carbocycles. The van der Waals surface area contributed by atoms with E-state index in [1.807, 2.05) is 0 Å². The maximum Gasteiger partial charge on any atom is 0.202 e. The number of likely N-dealkylation sites (N-methyl/N-ethyl adjacent to an activating group) is 1. The highest BCUT2D eigenvalue weighted by Crippen LogP contribution is 2.57. The lowest BCUT2D eigenvalue weighted by Gasteiger charge is -2.55. The number of ketones is 2. The maximum atomic E-state index is 13.8. The molecule has 3 aliphatic rings. The number of fused-ring (bicyclic) bond motifs is 3. The summed E-state index contributed by atoms with van der Waals surface area (Å²) in [5, 5.41) is 66.8. The van der Waals surface area contributed by atoms with Crippen LogP contribution in [-0.4, -0.2) is 78.9 Å². The highest BCUT2D eigenvalue weighted by molar-refractivity contribution is 6.15. The van der Waals surface area contributed by atoms with Gasteiger partial charge in [0, 0.05) is 5.70 Å². The van der Waals surface area contributed by atoms with Crippen LogP contribution in [-0.2, 0) is 15.2 Å². The molecular formula is C23H26N2O8. The van der Waals surface area contributed by atoms with Gasteiger partial charge in [-0.25, -0.2) is 0 Å². The van der Waals surface area contributed by atoms with Gasteiger partial charge >= 0.3 is 0 Å². The van der Waals surface area contributed by atoms with E-state index in [0.717, 1.165) is 0 Å². The Balaban J connectivity index is 2.11. The Labute approximate surface area is 189 Å². The van der Waals surface area contributed by atoms with E-state index >= 15 is 0 Å². The molecule has 0 radical (unpaired) electrons. The van der Waals surface area contributed by atoms with Gasteiger partial charge in [-0.05, 0) is 32.6 Å². The van der Waals surface area contributed by atoms with Crippen molar-refractivity contribution in [2.75, 3.05) is 14.1 Å². The van der Waals surface area contributed by atoms with Crippen molar-refractivity contribution in [2.24, 2.45) is 17.6 Å². The first kappa shape index (κ1) is 23.0. The van der Waals surface area contributed by atoms with Crippen molar-refractivity contribution in [3.05, 3.63) is 58.5 Å². The zero-order chi connectivity index (χ0) is 24.8. The number of rotatable bonds is 2. The average Bonchev–Trinajstić information content (AvgIpc) is 2.70. The lowest BCUT2D eigenvalue weighted by molar-refractivity contribution is -0.181. The molecule has 0 aliphatic heterocycles. The number of nitrogens with zero attached hydrogens (tertiary/aromatic N) is 1. The minimum Gasteiger partial charge on any atom is -0.508 e. The van der Waals surface area contributed by atoms with Gasteiger partial charge in [-0.15, -0.1) is 0 Å². The third-order valence-corrected chi connectivity index (χ3v) is 7.11. The predicted molar refractivity (Wildman–Crippen MR) is 116 cm³/mol. The van der Waals surface area contributed by atoms with Crippen molar-refractivity contribution in [1.82, 2.24) is 4.90 Å². The van der Waals surface area contributed by atoms with Crippen molar-refractivity contribution in [3.63, 3.8) is 0 Å². The van der Waals surface area contributed by atoms with E-state index in [9.17, 15) is 40.2 Å². The fourth-order valence-corrected chi connectivity index (χ4v) is 5.67.